The number of aromatic nitrogens is 3. The normalized spacial score (nSPS) is 24.1. The zero-order valence-corrected chi connectivity index (χ0v) is 22.0. The van der Waals surface area contributed by atoms with Gasteiger partial charge in [0.1, 0.15) is 23.6 Å². The lowest BCUT2D eigenvalue weighted by Gasteiger charge is -2.31. The van der Waals surface area contributed by atoms with Gasteiger partial charge in [-0.2, -0.15) is 9.97 Å². The Labute approximate surface area is 227 Å². The number of ether oxygens (including phenoxy) is 2. The second-order valence-electron chi connectivity index (χ2n) is 11.6. The Bertz CT molecular complexity index is 1560. The molecule has 4 fully saturated rings. The Kier molecular flexibility index (Phi) is 5.49. The van der Waals surface area contributed by atoms with Crippen molar-refractivity contribution in [2.45, 2.75) is 43.7 Å². The van der Waals surface area contributed by atoms with Crippen molar-refractivity contribution in [3.05, 3.63) is 54.5 Å². The van der Waals surface area contributed by atoms with E-state index in [1.54, 1.807) is 6.20 Å². The third-order valence-corrected chi connectivity index (χ3v) is 9.34. The fraction of sp³-hybridized carbons (Fsp3) is 0.452. The molecule has 3 saturated heterocycles. The third-order valence-electron chi connectivity index (χ3n) is 9.34. The summed E-state index contributed by atoms with van der Waals surface area (Å²) >= 11 is 0. The van der Waals surface area contributed by atoms with Crippen LogP contribution in [0.3, 0.4) is 0 Å². The van der Waals surface area contributed by atoms with Crippen molar-refractivity contribution in [2.75, 3.05) is 44.4 Å². The van der Waals surface area contributed by atoms with Gasteiger partial charge in [-0.15, -0.1) is 0 Å². The van der Waals surface area contributed by atoms with Gasteiger partial charge in [0.05, 0.1) is 24.1 Å². The molecule has 4 aromatic rings. The summed E-state index contributed by atoms with van der Waals surface area (Å²) in [7, 11) is 0. The maximum Gasteiger partial charge on any atom is 0.319 e. The van der Waals surface area contributed by atoms with Crippen molar-refractivity contribution >= 4 is 27.5 Å². The lowest BCUT2D eigenvalue weighted by molar-refractivity contribution is 0.108. The number of hydrogen-bond donors (Lipinski definition) is 0. The molecule has 5 heterocycles. The summed E-state index contributed by atoms with van der Waals surface area (Å²) in [4.78, 5) is 19.1. The fourth-order valence-electron chi connectivity index (χ4n) is 7.20. The zero-order chi connectivity index (χ0) is 26.0. The van der Waals surface area contributed by atoms with E-state index in [1.165, 1.54) is 12.8 Å². The van der Waals surface area contributed by atoms with Crippen molar-refractivity contribution < 1.29 is 13.9 Å². The Hall–Kier alpha value is -3.36. The highest BCUT2D eigenvalue weighted by molar-refractivity contribution is 5.99. The van der Waals surface area contributed by atoms with Crippen molar-refractivity contribution in [3.8, 4) is 17.3 Å². The second kappa shape index (κ2) is 9.10. The summed E-state index contributed by atoms with van der Waals surface area (Å²) in [6.45, 7) is 4.88. The van der Waals surface area contributed by atoms with E-state index in [9.17, 15) is 0 Å². The van der Waals surface area contributed by atoms with Crippen LogP contribution in [0.1, 0.15) is 32.1 Å². The molecule has 8 rings (SSSR count). The maximum atomic E-state index is 16.5. The number of rotatable bonds is 5. The Balaban J connectivity index is 1.25. The molecule has 7 nitrogen and oxygen atoms in total. The molecule has 0 unspecified atom stereocenters. The molecular weight excluding hydrogens is 493 g/mol. The molecular formula is C31H32FN5O2. The van der Waals surface area contributed by atoms with Crippen LogP contribution in [0.4, 0.5) is 10.2 Å². The fourth-order valence-corrected chi connectivity index (χ4v) is 7.20. The van der Waals surface area contributed by atoms with Gasteiger partial charge < -0.3 is 14.4 Å². The summed E-state index contributed by atoms with van der Waals surface area (Å²) in [6.07, 6.45) is 7.45. The number of benzene rings is 2. The van der Waals surface area contributed by atoms with Crippen LogP contribution >= 0.6 is 0 Å². The van der Waals surface area contributed by atoms with E-state index < -0.39 is 5.82 Å². The molecule has 0 N–H and O–H groups in total. The standard InChI is InChI=1S/C31H32FN5O2/c32-26-27(23-9-3-7-20-6-1-2-8-22(20)23)33-17-24-28(26)34-30(39-19-31-10-4-12-36(31)13-5-11-31)35-29(24)37-14-15-38-18-21-16-25(21)37/h1-3,6-9,17,21,25H,4-5,10-16,18-19H2/t21-,25-/m1/s1. The maximum absolute atomic E-state index is 16.5. The quantitative estimate of drug-likeness (QED) is 0.354. The summed E-state index contributed by atoms with van der Waals surface area (Å²) in [5, 5.41) is 2.63. The predicted octanol–water partition coefficient (Wildman–Crippen LogP) is 5.22. The van der Waals surface area contributed by atoms with E-state index in [0.717, 1.165) is 55.3 Å². The second-order valence-corrected chi connectivity index (χ2v) is 11.6. The molecule has 2 aromatic heterocycles. The Morgan fingerprint density at radius 1 is 1.00 bits per heavy atom. The molecule has 1 saturated carbocycles. The van der Waals surface area contributed by atoms with Gasteiger partial charge in [0.25, 0.3) is 0 Å². The lowest BCUT2D eigenvalue weighted by Crippen LogP contribution is -2.43. The van der Waals surface area contributed by atoms with Crippen LogP contribution < -0.4 is 9.64 Å². The van der Waals surface area contributed by atoms with Gasteiger partial charge in [-0.1, -0.05) is 42.5 Å². The zero-order valence-electron chi connectivity index (χ0n) is 22.0. The first-order chi connectivity index (χ1) is 19.2. The smallest absolute Gasteiger partial charge is 0.319 e. The van der Waals surface area contributed by atoms with E-state index in [-0.39, 0.29) is 17.1 Å². The van der Waals surface area contributed by atoms with E-state index in [2.05, 4.69) is 14.8 Å². The minimum atomic E-state index is -0.433. The SMILES string of the molecule is Fc1c(-c2cccc3ccccc23)ncc2c(N3CCOC[C@H]4C[C@H]43)nc(OCC34CCCN3CCC4)nc12. The van der Waals surface area contributed by atoms with Crippen LogP contribution in [0, 0.1) is 11.7 Å². The predicted molar refractivity (Wildman–Crippen MR) is 149 cm³/mol. The van der Waals surface area contributed by atoms with E-state index >= 15 is 4.39 Å². The van der Waals surface area contributed by atoms with Gasteiger partial charge in [0.2, 0.25) is 0 Å². The van der Waals surface area contributed by atoms with Crippen LogP contribution in [0.25, 0.3) is 32.9 Å². The number of hydrogen-bond acceptors (Lipinski definition) is 7. The first kappa shape index (κ1) is 23.5. The Morgan fingerprint density at radius 2 is 1.85 bits per heavy atom. The summed E-state index contributed by atoms with van der Waals surface area (Å²) in [5.74, 6) is 0.757. The van der Waals surface area contributed by atoms with Gasteiger partial charge in [-0.05, 0) is 56.0 Å². The molecule has 3 aliphatic heterocycles. The topological polar surface area (TPSA) is 63.6 Å². The number of pyridine rings is 1. The Morgan fingerprint density at radius 3 is 2.74 bits per heavy atom. The molecule has 0 bridgehead atoms. The van der Waals surface area contributed by atoms with Crippen molar-refractivity contribution in [1.82, 2.24) is 19.9 Å². The van der Waals surface area contributed by atoms with Crippen LogP contribution in [0.5, 0.6) is 6.01 Å². The van der Waals surface area contributed by atoms with Crippen molar-refractivity contribution in [1.29, 1.82) is 0 Å². The van der Waals surface area contributed by atoms with E-state index in [0.29, 0.717) is 48.6 Å². The lowest BCUT2D eigenvalue weighted by atomic mass is 9.95. The van der Waals surface area contributed by atoms with Crippen LogP contribution in [0.15, 0.2) is 48.7 Å². The number of fused-ring (bicyclic) bond motifs is 4. The first-order valence-corrected chi connectivity index (χ1v) is 14.3. The van der Waals surface area contributed by atoms with Crippen molar-refractivity contribution in [3.63, 3.8) is 0 Å². The largest absolute Gasteiger partial charge is 0.461 e. The summed E-state index contributed by atoms with van der Waals surface area (Å²) < 4.78 is 28.7. The third kappa shape index (κ3) is 3.87. The van der Waals surface area contributed by atoms with Gasteiger partial charge in [0.15, 0.2) is 5.82 Å². The van der Waals surface area contributed by atoms with Gasteiger partial charge in [0, 0.05) is 30.3 Å². The monoisotopic (exact) mass is 525 g/mol. The molecule has 2 aromatic carbocycles. The molecule has 0 amide bonds. The molecule has 1 aliphatic carbocycles. The molecule has 8 heteroatoms. The first-order valence-electron chi connectivity index (χ1n) is 14.3. The molecule has 0 spiro atoms. The molecule has 4 aliphatic rings. The van der Waals surface area contributed by atoms with Crippen LogP contribution in [-0.2, 0) is 4.74 Å². The minimum absolute atomic E-state index is 0.0570. The average molecular weight is 526 g/mol. The number of anilines is 1. The van der Waals surface area contributed by atoms with Crippen LogP contribution in [-0.4, -0.2) is 70.9 Å². The van der Waals surface area contributed by atoms with Crippen molar-refractivity contribution in [2.24, 2.45) is 5.92 Å². The molecule has 0 radical (unpaired) electrons. The minimum Gasteiger partial charge on any atom is -0.461 e. The molecule has 39 heavy (non-hydrogen) atoms. The molecule has 2 atom stereocenters. The highest BCUT2D eigenvalue weighted by atomic mass is 19.1. The summed E-state index contributed by atoms with van der Waals surface area (Å²) in [6, 6.07) is 14.5. The van der Waals surface area contributed by atoms with Gasteiger partial charge in [-0.3, -0.25) is 9.88 Å². The average Bonchev–Trinajstić information content (AvgIpc) is 3.51. The van der Waals surface area contributed by atoms with Gasteiger partial charge >= 0.3 is 6.01 Å². The van der Waals surface area contributed by atoms with E-state index in [1.807, 2.05) is 42.5 Å². The van der Waals surface area contributed by atoms with E-state index in [4.69, 9.17) is 19.4 Å². The number of nitrogens with zero attached hydrogens (tertiary/aromatic N) is 5. The molecule has 200 valence electrons. The highest BCUT2D eigenvalue weighted by Crippen LogP contribution is 2.43. The number of halogens is 1. The summed E-state index contributed by atoms with van der Waals surface area (Å²) in [5.41, 5.74) is 1.38. The van der Waals surface area contributed by atoms with Gasteiger partial charge in [-0.25, -0.2) is 4.39 Å². The highest BCUT2D eigenvalue weighted by Gasteiger charge is 2.46. The van der Waals surface area contributed by atoms with Crippen LogP contribution in [0.2, 0.25) is 0 Å².